The zero-order valence-corrected chi connectivity index (χ0v) is 74.9. The van der Waals surface area contributed by atoms with Crippen molar-refractivity contribution in [1.29, 1.82) is 0 Å². The number of hydrogen-bond donors (Lipinski definition) is 20. The highest BCUT2D eigenvalue weighted by Gasteiger charge is 2.47. The first-order valence-electron chi connectivity index (χ1n) is 43.2. The number of nitrogens with zero attached hydrogens (tertiary/aromatic N) is 4. The maximum absolute atomic E-state index is 15.2. The molecule has 2 aromatic carbocycles. The SMILES string of the molecule is CC(C)C[C@@H]1NC(=O)CNC(=O)CNC(=O)CNC(=O)CNC(=O)[C@H](N)CSSC[C@H](C(=O)O)NC(=O)CNC(=O)CNC(=O)[C@H](Cc2ccc(O)cc2)NC(=O)[C@@H]2CCCN2C(=O)[C@H](CC(C)C)NC(=O)[C@H](CCC(=O)O)NC(=O)[C@@H]2CCCN2C(=O)[C@H](CCC(N)=O)NC(=O)[C@@H]2CCCN2C(=O)[C@H](Cc2ccccc2)NC(=O)[C@@H]2CCCN2C(=O)[C@H](CCC(N)=O)NC1=O. The van der Waals surface area contributed by atoms with Gasteiger partial charge in [-0.15, -0.1) is 0 Å². The molecule has 0 unspecified atom stereocenters. The van der Waals surface area contributed by atoms with Gasteiger partial charge in [-0.05, 0) is 119 Å². The van der Waals surface area contributed by atoms with Gasteiger partial charge in [0.2, 0.25) is 118 Å². The van der Waals surface area contributed by atoms with Crippen molar-refractivity contribution in [3.05, 3.63) is 65.7 Å². The fourth-order valence-electron chi connectivity index (χ4n) is 15.3. The van der Waals surface area contributed by atoms with Gasteiger partial charge in [0.15, 0.2) is 0 Å². The number of primary amides is 2. The van der Waals surface area contributed by atoms with Crippen LogP contribution in [0.5, 0.6) is 5.75 Å². The van der Waals surface area contributed by atoms with Gasteiger partial charge in [-0.2, -0.15) is 0 Å². The predicted octanol–water partition coefficient (Wildman–Crippen LogP) is -6.99. The maximum Gasteiger partial charge on any atom is 0.327 e. The molecule has 13 atom stereocenters. The van der Waals surface area contributed by atoms with Crippen molar-refractivity contribution in [2.45, 2.75) is 222 Å². The fraction of sp³-hybridized carbons (Fsp3) is 0.590. The van der Waals surface area contributed by atoms with Crippen LogP contribution in [-0.4, -0.2) is 320 Å². The number of aliphatic carboxylic acids is 2. The summed E-state index contributed by atoms with van der Waals surface area (Å²) >= 11 is 0. The Hall–Kier alpha value is -12.8. The van der Waals surface area contributed by atoms with E-state index in [0.29, 0.717) is 11.1 Å². The van der Waals surface area contributed by atoms with Crippen molar-refractivity contribution >= 4 is 152 Å². The molecular weight excluding hydrogens is 1760 g/mol. The summed E-state index contributed by atoms with van der Waals surface area (Å²) in [5.74, 6) is -21.9. The van der Waals surface area contributed by atoms with Gasteiger partial charge in [0, 0.05) is 69.8 Å². The molecular formula is C83H119N21O25S2. The normalized spacial score (nSPS) is 25.9. The number of carboxylic acid groups (broad SMARTS) is 2. The molecule has 5 fully saturated rings. The van der Waals surface area contributed by atoms with Gasteiger partial charge in [-0.3, -0.25) is 101 Å². The van der Waals surface area contributed by atoms with Crippen LogP contribution < -0.4 is 91.6 Å². The van der Waals surface area contributed by atoms with E-state index in [1.54, 1.807) is 58.0 Å². The summed E-state index contributed by atoms with van der Waals surface area (Å²) in [6.45, 7) is 2.20. The molecule has 0 radical (unpaired) electrons. The van der Waals surface area contributed by atoms with Crippen LogP contribution in [0.2, 0.25) is 0 Å². The van der Waals surface area contributed by atoms with Gasteiger partial charge in [0.1, 0.15) is 78.3 Å². The zero-order chi connectivity index (χ0) is 96.3. The number of aromatic hydroxyl groups is 1. The second-order valence-corrected chi connectivity index (χ2v) is 35.7. The Balaban J connectivity index is 1.13. The second-order valence-electron chi connectivity index (χ2n) is 33.2. The molecule has 46 nitrogen and oxygen atoms in total. The van der Waals surface area contributed by atoms with E-state index in [1.807, 2.05) is 0 Å². The summed E-state index contributed by atoms with van der Waals surface area (Å²) in [5, 5.41) is 64.3. The van der Waals surface area contributed by atoms with Gasteiger partial charge in [-0.25, -0.2) is 4.79 Å². The number of carbonyl (C=O) groups is 22. The Bertz CT molecular complexity index is 4490. The van der Waals surface area contributed by atoms with Gasteiger partial charge < -0.3 is 127 Å². The Kier molecular flexibility index (Phi) is 41.9. The third-order valence-corrected chi connectivity index (χ3v) is 24.4. The highest BCUT2D eigenvalue weighted by molar-refractivity contribution is 8.76. The molecule has 0 aromatic heterocycles. The summed E-state index contributed by atoms with van der Waals surface area (Å²) in [6.07, 6.45) is -2.62. The summed E-state index contributed by atoms with van der Waals surface area (Å²) in [4.78, 5) is 306. The van der Waals surface area contributed by atoms with E-state index in [4.69, 9.17) is 17.2 Å². The van der Waals surface area contributed by atoms with Crippen LogP contribution in [0.25, 0.3) is 0 Å². The molecule has 2 aromatic rings. The molecule has 48 heteroatoms. The monoisotopic (exact) mass is 1870 g/mol. The van der Waals surface area contributed by atoms with E-state index >= 15 is 9.59 Å². The summed E-state index contributed by atoms with van der Waals surface area (Å²) in [5.41, 5.74) is 18.1. The first kappa shape index (κ1) is 105. The molecule has 0 saturated carbocycles. The standard InChI is InChI=1S/C83H119N21O25S2/c1-44(2)32-53-74(119)96-51(22-25-62(85)106)79(124)102-29-9-17-61(102)78(123)100-56(35-46-12-6-5-7-13-46)82(127)104-31-10-15-59(104)76(121)97-52(23-26-63(86)107)80(125)101-28-8-14-58(101)75(120)95-50(24-27-70(114)115)73(118)99-55(33-45(3)4)81(126)103-30-11-16-60(103)77(122)98-54(34-47-18-20-48(105)21-19-47)72(117)92-39-67(111)90-41-69(113)94-57(83(128)129)43-131-130-42-49(84)71(116)91-38-66(110)88-36-64(108)87-37-65(109)89-40-68(112)93-53/h5-7,12-13,18-21,44-45,49-61,105H,8-11,14-17,22-43,84H2,1-4H3,(H2,85,106)(H2,86,107)(H,87,108)(H,88,110)(H,89,109)(H,90,111)(H,91,116)(H,92,117)(H,93,112)(H,94,113)(H,95,120)(H,96,119)(H,97,121)(H,98,122)(H,99,118)(H,100,123)(H,114,115)(H,128,129)/t49-,50+,51+,52+,53+,54+,55+,56+,57-,58+,59+,60+,61+/m1/s1. The summed E-state index contributed by atoms with van der Waals surface area (Å²) in [6, 6.07) is -4.78. The first-order chi connectivity index (χ1) is 62.2. The highest BCUT2D eigenvalue weighted by atomic mass is 33.1. The summed E-state index contributed by atoms with van der Waals surface area (Å²) < 4.78 is 0. The molecule has 7 rings (SSSR count). The van der Waals surface area contributed by atoms with Crippen molar-refractivity contribution in [3.63, 3.8) is 0 Å². The molecule has 0 spiro atoms. The predicted molar refractivity (Wildman–Crippen MR) is 468 cm³/mol. The molecule has 0 aliphatic carbocycles. The van der Waals surface area contributed by atoms with Crippen LogP contribution in [-0.2, 0) is 118 Å². The van der Waals surface area contributed by atoms with Crippen LogP contribution in [0.15, 0.2) is 54.6 Å². The smallest absolute Gasteiger partial charge is 0.327 e. The Labute approximate surface area is 762 Å². The zero-order valence-electron chi connectivity index (χ0n) is 73.2. The van der Waals surface area contributed by atoms with E-state index in [2.05, 4.69) is 74.4 Å². The molecule has 5 saturated heterocycles. The third kappa shape index (κ3) is 34.2. The Morgan fingerprint density at radius 2 is 0.718 bits per heavy atom. The van der Waals surface area contributed by atoms with Crippen LogP contribution in [0.1, 0.15) is 142 Å². The van der Waals surface area contributed by atoms with E-state index in [9.17, 15) is 111 Å². The van der Waals surface area contributed by atoms with E-state index < -0.39 is 280 Å². The molecule has 5 heterocycles. The van der Waals surface area contributed by atoms with Gasteiger partial charge >= 0.3 is 11.9 Å². The van der Waals surface area contributed by atoms with Crippen LogP contribution in [0.4, 0.5) is 0 Å². The van der Waals surface area contributed by atoms with Crippen molar-refractivity contribution in [2.24, 2.45) is 29.0 Å². The van der Waals surface area contributed by atoms with E-state index in [0.717, 1.165) is 26.5 Å². The lowest BCUT2D eigenvalue weighted by molar-refractivity contribution is -0.146. The minimum absolute atomic E-state index is 0.0167. The number of amides is 20. The average molecular weight is 1880 g/mol. The number of hydrogen-bond acceptors (Lipinski definition) is 26. The lowest BCUT2D eigenvalue weighted by Crippen LogP contribution is -2.60. The van der Waals surface area contributed by atoms with Crippen molar-refractivity contribution in [1.82, 2.24) is 94.0 Å². The highest BCUT2D eigenvalue weighted by Crippen LogP contribution is 2.28. The van der Waals surface area contributed by atoms with Crippen molar-refractivity contribution in [2.75, 3.05) is 77.0 Å². The lowest BCUT2D eigenvalue weighted by Gasteiger charge is -2.33. The number of carbonyl (C=O) groups excluding carboxylic acids is 20. The molecule has 23 N–H and O–H groups in total. The third-order valence-electron chi connectivity index (χ3n) is 22.0. The van der Waals surface area contributed by atoms with Gasteiger partial charge in [0.05, 0.1) is 45.3 Å². The molecule has 5 aliphatic heterocycles. The minimum Gasteiger partial charge on any atom is -0.508 e. The molecule has 131 heavy (non-hydrogen) atoms. The molecule has 5 aliphatic rings. The Morgan fingerprint density at radius 1 is 0.374 bits per heavy atom. The fourth-order valence-corrected chi connectivity index (χ4v) is 17.6. The molecule has 20 amide bonds. The number of nitrogens with one attached hydrogen (secondary N) is 14. The minimum atomic E-state index is -1.70. The number of benzene rings is 2. The van der Waals surface area contributed by atoms with Gasteiger partial charge in [0.25, 0.3) is 0 Å². The number of phenols is 1. The number of phenolic OH excluding ortho intramolecular Hbond substituents is 1. The number of carboxylic acids is 2. The number of fused-ring (bicyclic) bond motifs is 4. The largest absolute Gasteiger partial charge is 0.508 e. The topological polar surface area (TPSA) is 696 Å². The maximum atomic E-state index is 15.2. The first-order valence-corrected chi connectivity index (χ1v) is 45.7. The molecule has 718 valence electrons. The lowest BCUT2D eigenvalue weighted by atomic mass is 10.0. The van der Waals surface area contributed by atoms with E-state index in [-0.39, 0.29) is 139 Å². The van der Waals surface area contributed by atoms with Crippen molar-refractivity contribution in [3.8, 4) is 5.75 Å². The van der Waals surface area contributed by atoms with Crippen molar-refractivity contribution < 1.29 is 121 Å². The number of rotatable bonds is 18. The van der Waals surface area contributed by atoms with Crippen LogP contribution in [0.3, 0.4) is 0 Å². The second kappa shape index (κ2) is 52.2. The average Bonchev–Trinajstić information content (AvgIpc) is 1.71. The quantitative estimate of drug-likeness (QED) is 0.0617. The van der Waals surface area contributed by atoms with E-state index in [1.165, 1.54) is 39.0 Å². The Morgan fingerprint density at radius 3 is 1.16 bits per heavy atom. The van der Waals surface area contributed by atoms with Gasteiger partial charge in [-0.1, -0.05) is 91.7 Å². The number of nitrogens with two attached hydrogens (primary N) is 3. The van der Waals surface area contributed by atoms with Crippen LogP contribution in [0, 0.1) is 11.8 Å². The molecule has 0 bridgehead atoms. The summed E-state index contributed by atoms with van der Waals surface area (Å²) in [7, 11) is 1.81. The van der Waals surface area contributed by atoms with Crippen LogP contribution >= 0.6 is 21.6 Å².